The molecule has 1 unspecified atom stereocenters. The molecule has 164 valence electrons. The van der Waals surface area contributed by atoms with E-state index in [1.165, 1.54) is 23.1 Å². The fourth-order valence-corrected chi connectivity index (χ4v) is 5.16. The Hall–Kier alpha value is -3.10. The van der Waals surface area contributed by atoms with E-state index in [2.05, 4.69) is 15.5 Å². The van der Waals surface area contributed by atoms with Gasteiger partial charge in [0.25, 0.3) is 0 Å². The zero-order chi connectivity index (χ0) is 22.2. The molecule has 2 aromatic carbocycles. The van der Waals surface area contributed by atoms with Gasteiger partial charge >= 0.3 is 0 Å². The number of aromatic nitrogens is 2. The van der Waals surface area contributed by atoms with Crippen LogP contribution in [-0.2, 0) is 24.4 Å². The van der Waals surface area contributed by atoms with Gasteiger partial charge in [-0.25, -0.2) is 0 Å². The molecule has 2 heterocycles. The predicted molar refractivity (Wildman–Crippen MR) is 128 cm³/mol. The van der Waals surface area contributed by atoms with Crippen molar-refractivity contribution in [1.29, 1.82) is 0 Å². The lowest BCUT2D eigenvalue weighted by molar-refractivity contribution is -0.131. The van der Waals surface area contributed by atoms with Crippen LogP contribution in [0.2, 0.25) is 0 Å². The molecule has 6 nitrogen and oxygen atoms in total. The van der Waals surface area contributed by atoms with Crippen LogP contribution in [0.3, 0.4) is 0 Å². The third-order valence-corrected chi connectivity index (χ3v) is 6.82. The number of carbonyl (C=O) groups is 1. The van der Waals surface area contributed by atoms with Crippen LogP contribution in [0.25, 0.3) is 0 Å². The van der Waals surface area contributed by atoms with Gasteiger partial charge in [-0.1, -0.05) is 83.8 Å². The first-order valence-corrected chi connectivity index (χ1v) is 12.0. The van der Waals surface area contributed by atoms with Crippen molar-refractivity contribution in [3.05, 3.63) is 95.9 Å². The molecule has 0 saturated heterocycles. The number of rotatable bonds is 10. The molecule has 0 aliphatic heterocycles. The van der Waals surface area contributed by atoms with Crippen molar-refractivity contribution >= 4 is 34.1 Å². The second-order valence-corrected chi connectivity index (χ2v) is 9.80. The van der Waals surface area contributed by atoms with Crippen LogP contribution in [0.1, 0.15) is 23.8 Å². The van der Waals surface area contributed by atoms with E-state index < -0.39 is 0 Å². The average molecular weight is 465 g/mol. The molecule has 0 saturated carbocycles. The lowest BCUT2D eigenvalue weighted by Crippen LogP contribution is -2.35. The Morgan fingerprint density at radius 1 is 1.00 bits per heavy atom. The van der Waals surface area contributed by atoms with Crippen molar-refractivity contribution in [2.24, 2.45) is 0 Å². The van der Waals surface area contributed by atoms with Gasteiger partial charge in [-0.3, -0.25) is 4.79 Å². The molecule has 0 aliphatic carbocycles. The second-order valence-electron chi connectivity index (χ2n) is 7.23. The fraction of sp³-hybridized carbons (Fsp3) is 0.208. The maximum atomic E-state index is 13.4. The minimum Gasteiger partial charge on any atom is -0.467 e. The molecule has 0 radical (unpaired) electrons. The molecule has 0 aliphatic rings. The fourth-order valence-electron chi connectivity index (χ4n) is 3.18. The molecular weight excluding hydrogens is 440 g/mol. The standard InChI is InChI=1S/C24H24N4O2S2/c1-18(31-24-27-26-23(32-24)25-15-21-13-8-14-30-21)22(29)28(16-19-9-4-2-5-10-19)17-20-11-6-3-7-12-20/h2-14,18H,15-17H2,1H3,(H,25,26). The first-order chi connectivity index (χ1) is 15.7. The van der Waals surface area contributed by atoms with Crippen LogP contribution in [0, 0.1) is 0 Å². The lowest BCUT2D eigenvalue weighted by Gasteiger charge is -2.25. The van der Waals surface area contributed by atoms with Crippen molar-refractivity contribution in [2.75, 3.05) is 5.32 Å². The third-order valence-electron chi connectivity index (χ3n) is 4.77. The third kappa shape index (κ3) is 6.21. The summed E-state index contributed by atoms with van der Waals surface area (Å²) in [6.07, 6.45) is 1.64. The van der Waals surface area contributed by atoms with E-state index in [1.54, 1.807) is 6.26 Å². The molecule has 4 aromatic rings. The van der Waals surface area contributed by atoms with Crippen molar-refractivity contribution in [3.8, 4) is 0 Å². The molecule has 32 heavy (non-hydrogen) atoms. The Morgan fingerprint density at radius 2 is 1.66 bits per heavy atom. The SMILES string of the molecule is CC(Sc1nnc(NCc2ccco2)s1)C(=O)N(Cc1ccccc1)Cc1ccccc1. The van der Waals surface area contributed by atoms with Gasteiger partial charge < -0.3 is 14.6 Å². The number of hydrogen-bond donors (Lipinski definition) is 1. The Kier molecular flexibility index (Phi) is 7.58. The van der Waals surface area contributed by atoms with Crippen LogP contribution >= 0.6 is 23.1 Å². The van der Waals surface area contributed by atoms with E-state index in [4.69, 9.17) is 4.42 Å². The first-order valence-electron chi connectivity index (χ1n) is 10.3. The zero-order valence-electron chi connectivity index (χ0n) is 17.7. The molecule has 0 bridgehead atoms. The summed E-state index contributed by atoms with van der Waals surface area (Å²) in [7, 11) is 0. The molecule has 4 rings (SSSR count). The maximum absolute atomic E-state index is 13.4. The van der Waals surface area contributed by atoms with Gasteiger partial charge in [0, 0.05) is 13.1 Å². The van der Waals surface area contributed by atoms with E-state index in [1.807, 2.05) is 84.6 Å². The minimum atomic E-state index is -0.284. The molecule has 2 aromatic heterocycles. The van der Waals surface area contributed by atoms with Crippen LogP contribution in [0.5, 0.6) is 0 Å². The summed E-state index contributed by atoms with van der Waals surface area (Å²) in [5, 5.41) is 12.0. The summed E-state index contributed by atoms with van der Waals surface area (Å²) < 4.78 is 6.08. The topological polar surface area (TPSA) is 71.3 Å². The van der Waals surface area contributed by atoms with Gasteiger partial charge in [-0.2, -0.15) is 0 Å². The summed E-state index contributed by atoms with van der Waals surface area (Å²) in [5.74, 6) is 0.901. The Balaban J connectivity index is 1.40. The van der Waals surface area contributed by atoms with Gasteiger partial charge in [0.1, 0.15) is 5.76 Å². The molecule has 0 spiro atoms. The monoisotopic (exact) mass is 464 g/mol. The van der Waals surface area contributed by atoms with Crippen LogP contribution in [-0.4, -0.2) is 26.3 Å². The smallest absolute Gasteiger partial charge is 0.236 e. The van der Waals surface area contributed by atoms with Crippen LogP contribution in [0.4, 0.5) is 5.13 Å². The maximum Gasteiger partial charge on any atom is 0.236 e. The molecule has 0 fully saturated rings. The summed E-state index contributed by atoms with van der Waals surface area (Å²) in [6.45, 7) is 3.59. The van der Waals surface area contributed by atoms with Gasteiger partial charge in [0.15, 0.2) is 4.34 Å². The van der Waals surface area contributed by atoms with E-state index in [0.717, 1.165) is 21.2 Å². The first kappa shape index (κ1) is 22.1. The number of carbonyl (C=O) groups excluding carboxylic acids is 1. The Morgan fingerprint density at radius 3 is 2.25 bits per heavy atom. The molecule has 1 atom stereocenters. The number of hydrogen-bond acceptors (Lipinski definition) is 7. The number of amides is 1. The number of nitrogens with one attached hydrogen (secondary N) is 1. The average Bonchev–Trinajstić information content (AvgIpc) is 3.50. The largest absolute Gasteiger partial charge is 0.467 e. The Bertz CT molecular complexity index is 1060. The van der Waals surface area contributed by atoms with E-state index in [0.29, 0.717) is 24.8 Å². The zero-order valence-corrected chi connectivity index (χ0v) is 19.3. The van der Waals surface area contributed by atoms with Gasteiger partial charge in [-0.05, 0) is 30.2 Å². The Labute approximate surface area is 195 Å². The molecule has 1 amide bonds. The van der Waals surface area contributed by atoms with Crippen molar-refractivity contribution in [3.63, 3.8) is 0 Å². The van der Waals surface area contributed by atoms with Crippen molar-refractivity contribution in [2.45, 2.75) is 36.1 Å². The summed E-state index contributed by atoms with van der Waals surface area (Å²) in [5.41, 5.74) is 2.21. The number of furan rings is 1. The molecular formula is C24H24N4O2S2. The van der Waals surface area contributed by atoms with Gasteiger partial charge in [0.05, 0.1) is 18.1 Å². The number of anilines is 1. The normalized spacial score (nSPS) is 11.8. The number of benzene rings is 2. The lowest BCUT2D eigenvalue weighted by atomic mass is 10.1. The summed E-state index contributed by atoms with van der Waals surface area (Å²) in [4.78, 5) is 15.3. The summed E-state index contributed by atoms with van der Waals surface area (Å²) in [6, 6.07) is 23.9. The van der Waals surface area contributed by atoms with Crippen molar-refractivity contribution in [1.82, 2.24) is 15.1 Å². The highest BCUT2D eigenvalue weighted by Gasteiger charge is 2.23. The van der Waals surface area contributed by atoms with E-state index in [-0.39, 0.29) is 11.2 Å². The van der Waals surface area contributed by atoms with Gasteiger partial charge in [-0.15, -0.1) is 10.2 Å². The quantitative estimate of drug-likeness (QED) is 0.315. The minimum absolute atomic E-state index is 0.0722. The number of nitrogens with zero attached hydrogens (tertiary/aromatic N) is 3. The molecule has 1 N–H and O–H groups in total. The van der Waals surface area contributed by atoms with E-state index in [9.17, 15) is 4.79 Å². The van der Waals surface area contributed by atoms with Crippen LogP contribution < -0.4 is 5.32 Å². The van der Waals surface area contributed by atoms with Crippen molar-refractivity contribution < 1.29 is 9.21 Å². The highest BCUT2D eigenvalue weighted by molar-refractivity contribution is 8.02. The summed E-state index contributed by atoms with van der Waals surface area (Å²) >= 11 is 2.87. The van der Waals surface area contributed by atoms with E-state index >= 15 is 0 Å². The highest BCUT2D eigenvalue weighted by atomic mass is 32.2. The van der Waals surface area contributed by atoms with Crippen LogP contribution in [0.15, 0.2) is 87.8 Å². The molecule has 8 heteroatoms. The number of thioether (sulfide) groups is 1. The van der Waals surface area contributed by atoms with Gasteiger partial charge in [0.2, 0.25) is 11.0 Å². The highest BCUT2D eigenvalue weighted by Crippen LogP contribution is 2.30. The second kappa shape index (κ2) is 11.0. The predicted octanol–water partition coefficient (Wildman–Crippen LogP) is 5.45.